The van der Waals surface area contributed by atoms with E-state index in [1.807, 2.05) is 0 Å². The molecule has 0 aliphatic carbocycles. The monoisotopic (exact) mass is 378 g/mol. The molecule has 0 amide bonds. The fourth-order valence-corrected chi connectivity index (χ4v) is 3.17. The van der Waals surface area contributed by atoms with Gasteiger partial charge in [0.15, 0.2) is 0 Å². The smallest absolute Gasteiger partial charge is 0.329 e. The molecule has 1 heterocycles. The minimum Gasteiger partial charge on any atom is -0.329 e. The second-order valence-corrected chi connectivity index (χ2v) is 7.29. The lowest BCUT2D eigenvalue weighted by atomic mass is 10.1. The molecule has 0 spiro atoms. The number of rotatable bonds is 6. The zero-order chi connectivity index (χ0) is 18.8. The van der Waals surface area contributed by atoms with E-state index < -0.39 is 22.3 Å². The molecule has 1 aromatic carbocycles. The molecule has 138 valence electrons. The fraction of sp³-hybridized carbons (Fsp3) is 0.429. The lowest BCUT2D eigenvalue weighted by Crippen LogP contribution is -2.42. The van der Waals surface area contributed by atoms with Crippen molar-refractivity contribution in [1.82, 2.24) is 19.2 Å². The van der Waals surface area contributed by atoms with Crippen molar-refractivity contribution in [2.45, 2.75) is 32.6 Å². The quantitative estimate of drug-likeness (QED) is 0.834. The number of nitrogens with zero attached hydrogens (tertiary/aromatic N) is 3. The van der Waals surface area contributed by atoms with E-state index in [-0.39, 0.29) is 18.4 Å². The number of alkyl halides is 3. The molecule has 0 atom stereocenters. The Kier molecular flexibility index (Phi) is 5.49. The number of hydrogen-bond donors (Lipinski definition) is 1. The highest BCUT2D eigenvalue weighted by molar-refractivity contribution is 7.87. The summed E-state index contributed by atoms with van der Waals surface area (Å²) in [6, 6.07) is 5.93. The summed E-state index contributed by atoms with van der Waals surface area (Å²) in [6.45, 7) is 3.59. The third kappa shape index (κ3) is 4.55. The number of benzene rings is 1. The van der Waals surface area contributed by atoms with Crippen LogP contribution in [0.1, 0.15) is 25.3 Å². The van der Waals surface area contributed by atoms with E-state index in [1.165, 1.54) is 23.5 Å². The summed E-state index contributed by atoms with van der Waals surface area (Å²) in [6.07, 6.45) is -4.70. The van der Waals surface area contributed by atoms with Gasteiger partial charge in [-0.1, -0.05) is 29.4 Å². The van der Waals surface area contributed by atoms with Crippen LogP contribution in [0.2, 0.25) is 0 Å². The summed E-state index contributed by atoms with van der Waals surface area (Å²) in [5.41, 5.74) is 0.992. The van der Waals surface area contributed by atoms with Crippen LogP contribution in [0, 0.1) is 0 Å². The zero-order valence-corrected chi connectivity index (χ0v) is 14.5. The Morgan fingerprint density at radius 3 is 2.28 bits per heavy atom. The molecule has 7 nitrogen and oxygen atoms in total. The van der Waals surface area contributed by atoms with Crippen LogP contribution in [0.4, 0.5) is 13.2 Å². The van der Waals surface area contributed by atoms with E-state index in [4.69, 9.17) is 0 Å². The molecule has 2 aromatic rings. The van der Waals surface area contributed by atoms with Gasteiger partial charge in [-0.3, -0.25) is 0 Å². The molecule has 0 fully saturated rings. The first-order valence-corrected chi connectivity index (χ1v) is 8.69. The van der Waals surface area contributed by atoms with Gasteiger partial charge >= 0.3 is 12.1 Å². The van der Waals surface area contributed by atoms with E-state index >= 15 is 0 Å². The maximum Gasteiger partial charge on any atom is 0.471 e. The SMILES string of the molecule is CNS(=O)(=O)N(Cc1ccc(-c2noc(C(F)(F)F)n2)cc1)C(C)C. The predicted molar refractivity (Wildman–Crippen MR) is 83.4 cm³/mol. The van der Waals surface area contributed by atoms with Crippen molar-refractivity contribution in [2.75, 3.05) is 7.05 Å². The molecule has 25 heavy (non-hydrogen) atoms. The minimum absolute atomic E-state index is 0.112. The average Bonchev–Trinajstić information content (AvgIpc) is 3.03. The number of nitrogens with one attached hydrogen (secondary N) is 1. The highest BCUT2D eigenvalue weighted by Crippen LogP contribution is 2.29. The van der Waals surface area contributed by atoms with Gasteiger partial charge in [0.05, 0.1) is 0 Å². The first kappa shape index (κ1) is 19.3. The number of hydrogen-bond acceptors (Lipinski definition) is 5. The summed E-state index contributed by atoms with van der Waals surface area (Å²) in [4.78, 5) is 3.30. The summed E-state index contributed by atoms with van der Waals surface area (Å²) in [7, 11) is -2.29. The maximum absolute atomic E-state index is 12.5. The van der Waals surface area contributed by atoms with Crippen molar-refractivity contribution in [3.63, 3.8) is 0 Å². The highest BCUT2D eigenvalue weighted by atomic mass is 32.2. The Bertz CT molecular complexity index is 817. The average molecular weight is 378 g/mol. The second-order valence-electron chi connectivity index (χ2n) is 5.47. The molecule has 1 aromatic heterocycles. The van der Waals surface area contributed by atoms with Gasteiger partial charge < -0.3 is 4.52 Å². The van der Waals surface area contributed by atoms with Crippen LogP contribution in [-0.4, -0.2) is 36.0 Å². The Balaban J connectivity index is 2.21. The van der Waals surface area contributed by atoms with Gasteiger partial charge in [-0.2, -0.15) is 30.9 Å². The normalized spacial score (nSPS) is 13.0. The van der Waals surface area contributed by atoms with E-state index in [1.54, 1.807) is 26.0 Å². The maximum atomic E-state index is 12.5. The van der Waals surface area contributed by atoms with Crippen molar-refractivity contribution in [3.8, 4) is 11.4 Å². The lowest BCUT2D eigenvalue weighted by Gasteiger charge is -2.25. The van der Waals surface area contributed by atoms with E-state index in [0.717, 1.165) is 0 Å². The molecule has 0 radical (unpaired) electrons. The topological polar surface area (TPSA) is 88.3 Å². The third-order valence-corrected chi connectivity index (χ3v) is 5.05. The summed E-state index contributed by atoms with van der Waals surface area (Å²) < 4.78 is 69.2. The van der Waals surface area contributed by atoms with Gasteiger partial charge in [0.25, 0.3) is 10.2 Å². The predicted octanol–water partition coefficient (Wildman–Crippen LogP) is 2.43. The van der Waals surface area contributed by atoms with Gasteiger partial charge in [0.1, 0.15) is 0 Å². The molecule has 2 rings (SSSR count). The van der Waals surface area contributed by atoms with Crippen LogP contribution < -0.4 is 4.72 Å². The van der Waals surface area contributed by atoms with Crippen molar-refractivity contribution >= 4 is 10.2 Å². The second kappa shape index (κ2) is 7.10. The Morgan fingerprint density at radius 1 is 1.24 bits per heavy atom. The summed E-state index contributed by atoms with van der Waals surface area (Å²) >= 11 is 0. The first-order chi connectivity index (χ1) is 11.5. The lowest BCUT2D eigenvalue weighted by molar-refractivity contribution is -0.159. The molecular formula is C14H17F3N4O3S. The first-order valence-electron chi connectivity index (χ1n) is 7.25. The van der Waals surface area contributed by atoms with E-state index in [9.17, 15) is 21.6 Å². The third-order valence-electron chi connectivity index (χ3n) is 3.36. The van der Waals surface area contributed by atoms with Crippen molar-refractivity contribution in [2.24, 2.45) is 0 Å². The van der Waals surface area contributed by atoms with Crippen LogP contribution in [0.3, 0.4) is 0 Å². The Morgan fingerprint density at radius 2 is 1.84 bits per heavy atom. The van der Waals surface area contributed by atoms with Crippen LogP contribution >= 0.6 is 0 Å². The van der Waals surface area contributed by atoms with Gasteiger partial charge in [-0.25, -0.2) is 4.72 Å². The summed E-state index contributed by atoms with van der Waals surface area (Å²) in [5, 5.41) is 3.30. The minimum atomic E-state index is -4.70. The molecule has 0 aliphatic rings. The Hall–Kier alpha value is -1.98. The molecule has 0 aliphatic heterocycles. The fourth-order valence-electron chi connectivity index (χ4n) is 2.06. The van der Waals surface area contributed by atoms with E-state index in [2.05, 4.69) is 19.4 Å². The van der Waals surface area contributed by atoms with Crippen LogP contribution in [0.25, 0.3) is 11.4 Å². The highest BCUT2D eigenvalue weighted by Gasteiger charge is 2.38. The zero-order valence-electron chi connectivity index (χ0n) is 13.7. The molecule has 0 saturated heterocycles. The van der Waals surface area contributed by atoms with Crippen molar-refractivity contribution < 1.29 is 26.1 Å². The molecule has 0 unspecified atom stereocenters. The standard InChI is InChI=1S/C14H17F3N4O3S/c1-9(2)21(25(22,23)18-3)8-10-4-6-11(7-5-10)12-19-13(24-20-12)14(15,16)17/h4-7,9,18H,8H2,1-3H3. The molecule has 0 bridgehead atoms. The van der Waals surface area contributed by atoms with E-state index in [0.29, 0.717) is 11.1 Å². The largest absolute Gasteiger partial charge is 0.471 e. The van der Waals surface area contributed by atoms with Gasteiger partial charge in [-0.15, -0.1) is 0 Å². The van der Waals surface area contributed by atoms with Crippen LogP contribution in [0.5, 0.6) is 0 Å². The number of halogens is 3. The van der Waals surface area contributed by atoms with Crippen LogP contribution in [-0.2, 0) is 22.9 Å². The molecule has 0 saturated carbocycles. The van der Waals surface area contributed by atoms with Gasteiger partial charge in [0, 0.05) is 25.2 Å². The number of aromatic nitrogens is 2. The van der Waals surface area contributed by atoms with Gasteiger partial charge in [0.2, 0.25) is 5.82 Å². The molecular weight excluding hydrogens is 361 g/mol. The van der Waals surface area contributed by atoms with Crippen molar-refractivity contribution in [3.05, 3.63) is 35.7 Å². The summed E-state index contributed by atoms with van der Waals surface area (Å²) in [5.74, 6) is -1.61. The Labute approximate surface area is 143 Å². The van der Waals surface area contributed by atoms with Crippen LogP contribution in [0.15, 0.2) is 28.8 Å². The molecule has 1 N–H and O–H groups in total. The molecule has 11 heteroatoms. The van der Waals surface area contributed by atoms with Gasteiger partial charge in [-0.05, 0) is 19.4 Å². The van der Waals surface area contributed by atoms with Crippen molar-refractivity contribution in [1.29, 1.82) is 0 Å².